The number of nitrogens with zero attached hydrogens (tertiary/aromatic N) is 3. The van der Waals surface area contributed by atoms with Crippen molar-refractivity contribution in [2.45, 2.75) is 6.54 Å². The van der Waals surface area contributed by atoms with E-state index < -0.39 is 0 Å². The molecule has 108 valence electrons. The van der Waals surface area contributed by atoms with E-state index in [1.165, 1.54) is 5.56 Å². The summed E-state index contributed by atoms with van der Waals surface area (Å²) in [4.78, 5) is 15.3. The van der Waals surface area contributed by atoms with Gasteiger partial charge in [0.05, 0.1) is 6.33 Å². The molecule has 0 bridgehead atoms. The molecule has 0 spiro atoms. The second kappa shape index (κ2) is 6.19. The van der Waals surface area contributed by atoms with Gasteiger partial charge in [0.2, 0.25) is 5.95 Å². The predicted octanol–water partition coefficient (Wildman–Crippen LogP) is 1.14. The van der Waals surface area contributed by atoms with Crippen molar-refractivity contribution in [1.82, 2.24) is 25.3 Å². The molecule has 3 aromatic rings. The van der Waals surface area contributed by atoms with Gasteiger partial charge in [-0.2, -0.15) is 9.97 Å². The molecule has 0 saturated carbocycles. The summed E-state index contributed by atoms with van der Waals surface area (Å²) in [5.41, 5.74) is 8.26. The fourth-order valence-electron chi connectivity index (χ4n) is 2.08. The Kier molecular flexibility index (Phi) is 3.92. The number of benzene rings is 1. The summed E-state index contributed by atoms with van der Waals surface area (Å²) in [5, 5.41) is 6.60. The van der Waals surface area contributed by atoms with Crippen molar-refractivity contribution in [3.8, 4) is 0 Å². The predicted molar refractivity (Wildman–Crippen MR) is 82.7 cm³/mol. The van der Waals surface area contributed by atoms with Crippen LogP contribution in [0.5, 0.6) is 0 Å². The highest BCUT2D eigenvalue weighted by atomic mass is 15.1. The molecule has 7 heteroatoms. The number of hydrogen-bond donors (Lipinski definition) is 4. The number of nitrogens with two attached hydrogens (primary N) is 1. The maximum absolute atomic E-state index is 5.66. The van der Waals surface area contributed by atoms with Crippen LogP contribution in [0.15, 0.2) is 36.7 Å². The van der Waals surface area contributed by atoms with Crippen molar-refractivity contribution in [2.75, 3.05) is 24.1 Å². The number of nitrogen functional groups attached to an aromatic ring is 1. The van der Waals surface area contributed by atoms with Crippen molar-refractivity contribution in [3.63, 3.8) is 0 Å². The number of H-pyrrole nitrogens is 1. The van der Waals surface area contributed by atoms with Crippen molar-refractivity contribution in [3.05, 3.63) is 42.2 Å². The Labute approximate surface area is 122 Å². The van der Waals surface area contributed by atoms with E-state index >= 15 is 0 Å². The largest absolute Gasteiger partial charge is 0.368 e. The first-order valence-electron chi connectivity index (χ1n) is 6.78. The molecule has 0 amide bonds. The molecule has 7 nitrogen and oxygen atoms in total. The molecule has 0 saturated heterocycles. The van der Waals surface area contributed by atoms with Crippen LogP contribution in [0.4, 0.5) is 11.8 Å². The van der Waals surface area contributed by atoms with E-state index in [-0.39, 0.29) is 5.95 Å². The molecule has 21 heavy (non-hydrogen) atoms. The molecule has 2 aromatic heterocycles. The lowest BCUT2D eigenvalue weighted by molar-refractivity contribution is 0.706. The Hall–Kier alpha value is -2.67. The number of aromatic amines is 1. The number of aromatic nitrogens is 4. The van der Waals surface area contributed by atoms with Gasteiger partial charge >= 0.3 is 0 Å². The number of anilines is 2. The van der Waals surface area contributed by atoms with E-state index in [2.05, 4.69) is 42.7 Å². The van der Waals surface area contributed by atoms with Gasteiger partial charge in [0, 0.05) is 19.6 Å². The Balaban J connectivity index is 1.52. The highest BCUT2D eigenvalue weighted by Gasteiger charge is 2.07. The number of nitrogens with one attached hydrogen (secondary N) is 3. The summed E-state index contributed by atoms with van der Waals surface area (Å²) in [6.45, 7) is 2.39. The van der Waals surface area contributed by atoms with Gasteiger partial charge < -0.3 is 21.4 Å². The first-order chi connectivity index (χ1) is 10.3. The molecule has 3 rings (SSSR count). The van der Waals surface area contributed by atoms with Crippen LogP contribution in [0.3, 0.4) is 0 Å². The van der Waals surface area contributed by atoms with Gasteiger partial charge in [-0.25, -0.2) is 4.98 Å². The van der Waals surface area contributed by atoms with Crippen molar-refractivity contribution in [1.29, 1.82) is 0 Å². The number of fused-ring (bicyclic) bond motifs is 1. The van der Waals surface area contributed by atoms with Gasteiger partial charge in [-0.1, -0.05) is 30.3 Å². The summed E-state index contributed by atoms with van der Waals surface area (Å²) in [7, 11) is 0. The molecule has 5 N–H and O–H groups in total. The van der Waals surface area contributed by atoms with Crippen molar-refractivity contribution < 1.29 is 0 Å². The van der Waals surface area contributed by atoms with Crippen LogP contribution in [0.2, 0.25) is 0 Å². The maximum Gasteiger partial charge on any atom is 0.224 e. The highest BCUT2D eigenvalue weighted by molar-refractivity contribution is 5.83. The molecular weight excluding hydrogens is 266 g/mol. The monoisotopic (exact) mass is 283 g/mol. The lowest BCUT2D eigenvalue weighted by Gasteiger charge is -2.08. The summed E-state index contributed by atoms with van der Waals surface area (Å²) in [6.07, 6.45) is 1.58. The van der Waals surface area contributed by atoms with E-state index in [9.17, 15) is 0 Å². The molecule has 2 heterocycles. The van der Waals surface area contributed by atoms with Crippen LogP contribution in [0.25, 0.3) is 11.2 Å². The minimum absolute atomic E-state index is 0.217. The summed E-state index contributed by atoms with van der Waals surface area (Å²) < 4.78 is 0. The first kappa shape index (κ1) is 13.3. The lowest BCUT2D eigenvalue weighted by Crippen LogP contribution is -2.22. The zero-order chi connectivity index (χ0) is 14.5. The Bertz CT molecular complexity index is 708. The Morgan fingerprint density at radius 2 is 1.95 bits per heavy atom. The van der Waals surface area contributed by atoms with Crippen LogP contribution in [0, 0.1) is 0 Å². The third-order valence-electron chi connectivity index (χ3n) is 3.07. The fourth-order valence-corrected chi connectivity index (χ4v) is 2.08. The smallest absolute Gasteiger partial charge is 0.224 e. The number of rotatable bonds is 6. The van der Waals surface area contributed by atoms with Gasteiger partial charge in [0.15, 0.2) is 11.5 Å². The fraction of sp³-hybridized carbons (Fsp3) is 0.214. The van der Waals surface area contributed by atoms with E-state index in [0.717, 1.165) is 25.2 Å². The Morgan fingerprint density at radius 3 is 2.81 bits per heavy atom. The number of imidazole rings is 1. The van der Waals surface area contributed by atoms with Gasteiger partial charge in [0.1, 0.15) is 5.52 Å². The maximum atomic E-state index is 5.66. The molecule has 0 radical (unpaired) electrons. The SMILES string of the molecule is Nc1nc(NCCNCc2ccccc2)c2[nH]cnc2n1. The van der Waals surface area contributed by atoms with E-state index in [1.807, 2.05) is 18.2 Å². The average Bonchev–Trinajstić information content (AvgIpc) is 2.96. The van der Waals surface area contributed by atoms with E-state index in [0.29, 0.717) is 11.5 Å². The second-order valence-electron chi connectivity index (χ2n) is 4.62. The summed E-state index contributed by atoms with van der Waals surface area (Å²) >= 11 is 0. The quantitative estimate of drug-likeness (QED) is 0.506. The van der Waals surface area contributed by atoms with Crippen molar-refractivity contribution >= 4 is 22.9 Å². The molecule has 0 unspecified atom stereocenters. The van der Waals surface area contributed by atoms with Gasteiger partial charge in [-0.3, -0.25) is 0 Å². The van der Waals surface area contributed by atoms with Gasteiger partial charge in [-0.05, 0) is 5.56 Å². The van der Waals surface area contributed by atoms with Crippen LogP contribution >= 0.6 is 0 Å². The standard InChI is InChI=1S/C14H17N7/c15-14-20-12(11-13(21-14)19-9-18-11)17-7-6-16-8-10-4-2-1-3-5-10/h1-5,9,16H,6-8H2,(H4,15,17,18,19,20,21). The average molecular weight is 283 g/mol. The zero-order valence-corrected chi connectivity index (χ0v) is 11.5. The van der Waals surface area contributed by atoms with E-state index in [1.54, 1.807) is 6.33 Å². The second-order valence-corrected chi connectivity index (χ2v) is 4.62. The van der Waals surface area contributed by atoms with E-state index in [4.69, 9.17) is 5.73 Å². The molecule has 0 aliphatic rings. The third kappa shape index (κ3) is 3.26. The minimum atomic E-state index is 0.217. The lowest BCUT2D eigenvalue weighted by atomic mass is 10.2. The number of hydrogen-bond acceptors (Lipinski definition) is 6. The molecule has 0 aliphatic carbocycles. The zero-order valence-electron chi connectivity index (χ0n) is 11.5. The van der Waals surface area contributed by atoms with Crippen LogP contribution < -0.4 is 16.4 Å². The Morgan fingerprint density at radius 1 is 1.10 bits per heavy atom. The van der Waals surface area contributed by atoms with Gasteiger partial charge in [0.25, 0.3) is 0 Å². The van der Waals surface area contributed by atoms with Crippen LogP contribution in [0.1, 0.15) is 5.56 Å². The molecule has 0 aliphatic heterocycles. The minimum Gasteiger partial charge on any atom is -0.368 e. The first-order valence-corrected chi connectivity index (χ1v) is 6.78. The highest BCUT2D eigenvalue weighted by Crippen LogP contribution is 2.16. The molecule has 0 atom stereocenters. The van der Waals surface area contributed by atoms with Gasteiger partial charge in [-0.15, -0.1) is 0 Å². The topological polar surface area (TPSA) is 105 Å². The molecule has 0 fully saturated rings. The molecule has 1 aromatic carbocycles. The van der Waals surface area contributed by atoms with Crippen LogP contribution in [-0.2, 0) is 6.54 Å². The summed E-state index contributed by atoms with van der Waals surface area (Å²) in [5.74, 6) is 0.894. The third-order valence-corrected chi connectivity index (χ3v) is 3.07. The van der Waals surface area contributed by atoms with Crippen molar-refractivity contribution in [2.24, 2.45) is 0 Å². The van der Waals surface area contributed by atoms with Crippen LogP contribution in [-0.4, -0.2) is 33.0 Å². The molecular formula is C14H17N7. The normalized spacial score (nSPS) is 10.9. The summed E-state index contributed by atoms with van der Waals surface area (Å²) in [6, 6.07) is 10.3.